The summed E-state index contributed by atoms with van der Waals surface area (Å²) in [6, 6.07) is 5.82. The van der Waals surface area contributed by atoms with Crippen molar-refractivity contribution in [3.63, 3.8) is 0 Å². The molecule has 0 spiro atoms. The molecule has 1 atom stereocenters. The van der Waals surface area contributed by atoms with Gasteiger partial charge >= 0.3 is 0 Å². The molecule has 3 rings (SSSR count). The van der Waals surface area contributed by atoms with E-state index in [9.17, 15) is 13.2 Å². The minimum Gasteiger partial charge on any atom is -0.370 e. The number of fused-ring (bicyclic) bond motifs is 1. The molecule has 0 aliphatic rings. The van der Waals surface area contributed by atoms with Crippen LogP contribution >= 0.6 is 24.0 Å². The highest BCUT2D eigenvalue weighted by molar-refractivity contribution is 7.92. The highest BCUT2D eigenvalue weighted by atomic mass is 35.5. The van der Waals surface area contributed by atoms with Crippen LogP contribution in [0.3, 0.4) is 0 Å². The average Bonchev–Trinajstić information content (AvgIpc) is 3.15. The summed E-state index contributed by atoms with van der Waals surface area (Å²) in [6.07, 6.45) is 3.73. The Bertz CT molecular complexity index is 1280. The molecule has 0 saturated heterocycles. The lowest BCUT2D eigenvalue weighted by Crippen LogP contribution is -2.31. The number of anilines is 2. The van der Waals surface area contributed by atoms with Crippen LogP contribution in [0, 0.1) is 6.92 Å². The van der Waals surface area contributed by atoms with E-state index in [1.54, 1.807) is 11.6 Å². The molecule has 10 nitrogen and oxygen atoms in total. The lowest BCUT2D eigenvalue weighted by molar-refractivity contribution is 0.0740. The Morgan fingerprint density at radius 3 is 2.68 bits per heavy atom. The molecule has 0 fully saturated rings. The number of aromatic nitrogens is 3. The number of carbonyl (C=O) groups excluding carboxylic acids is 1. The number of halogens is 2. The fraction of sp³-hybridized carbons (Fsp3) is 0.381. The Morgan fingerprint density at radius 2 is 2.03 bits per heavy atom. The van der Waals surface area contributed by atoms with Gasteiger partial charge in [0.15, 0.2) is 5.65 Å². The van der Waals surface area contributed by atoms with Gasteiger partial charge in [0, 0.05) is 36.4 Å². The van der Waals surface area contributed by atoms with E-state index in [-0.39, 0.29) is 23.7 Å². The number of hydrogen-bond acceptors (Lipinski definition) is 7. The van der Waals surface area contributed by atoms with Crippen molar-refractivity contribution in [3.05, 3.63) is 52.3 Å². The number of rotatable bonds is 9. The second kappa shape index (κ2) is 11.2. The van der Waals surface area contributed by atoms with Crippen molar-refractivity contribution in [3.8, 4) is 0 Å². The summed E-state index contributed by atoms with van der Waals surface area (Å²) in [6.45, 7) is 5.09. The van der Waals surface area contributed by atoms with Crippen molar-refractivity contribution in [2.45, 2.75) is 26.3 Å². The highest BCUT2D eigenvalue weighted by Crippen LogP contribution is 2.27. The number of nitrogens with zero attached hydrogens (tertiary/aromatic N) is 4. The molecule has 1 amide bonds. The summed E-state index contributed by atoms with van der Waals surface area (Å²) in [5.74, 6) is 0.358. The van der Waals surface area contributed by atoms with E-state index in [1.807, 2.05) is 26.1 Å². The highest BCUT2D eigenvalue weighted by Gasteiger charge is 2.25. The van der Waals surface area contributed by atoms with Crippen LogP contribution < -0.4 is 15.8 Å². The lowest BCUT2D eigenvalue weighted by atomic mass is 10.1. The Hall–Kier alpha value is -2.60. The zero-order valence-corrected chi connectivity index (χ0v) is 21.8. The minimum absolute atomic E-state index is 0. The van der Waals surface area contributed by atoms with Gasteiger partial charge in [0.25, 0.3) is 5.91 Å². The van der Waals surface area contributed by atoms with Crippen LogP contribution in [0.5, 0.6) is 0 Å². The summed E-state index contributed by atoms with van der Waals surface area (Å²) in [4.78, 5) is 19.4. The first-order chi connectivity index (χ1) is 15.5. The Labute approximate surface area is 210 Å². The molecule has 0 unspecified atom stereocenters. The van der Waals surface area contributed by atoms with Gasteiger partial charge in [-0.05, 0) is 45.0 Å². The van der Waals surface area contributed by atoms with Crippen molar-refractivity contribution in [2.24, 2.45) is 5.73 Å². The number of amides is 1. The second-order valence-corrected chi connectivity index (χ2v) is 10.1. The van der Waals surface area contributed by atoms with Crippen LogP contribution in [-0.2, 0) is 10.0 Å². The number of hydrogen-bond donors (Lipinski definition) is 3. The normalized spacial score (nSPS) is 12.2. The Balaban J connectivity index is 0.00000408. The smallest absolute Gasteiger partial charge is 0.256 e. The third-order valence-electron chi connectivity index (χ3n) is 5.16. The maximum Gasteiger partial charge on any atom is 0.256 e. The van der Waals surface area contributed by atoms with Crippen molar-refractivity contribution < 1.29 is 13.2 Å². The Kier molecular flexibility index (Phi) is 9.12. The fourth-order valence-electron chi connectivity index (χ4n) is 3.27. The molecule has 0 aliphatic carbocycles. The number of aryl methyl sites for hydroxylation is 1. The van der Waals surface area contributed by atoms with Crippen molar-refractivity contribution >= 4 is 57.1 Å². The van der Waals surface area contributed by atoms with Gasteiger partial charge in [-0.3, -0.25) is 9.52 Å². The van der Waals surface area contributed by atoms with E-state index in [0.717, 1.165) is 30.6 Å². The summed E-state index contributed by atoms with van der Waals surface area (Å²) in [5.41, 5.74) is 8.06. The quantitative estimate of drug-likeness (QED) is 0.362. The molecule has 1 aromatic carbocycles. The molecule has 13 heteroatoms. The van der Waals surface area contributed by atoms with Crippen LogP contribution in [0.1, 0.15) is 41.0 Å². The molecule has 0 radical (unpaired) electrons. The fourth-order valence-corrected chi connectivity index (χ4v) is 4.02. The molecule has 34 heavy (non-hydrogen) atoms. The Morgan fingerprint density at radius 1 is 1.32 bits per heavy atom. The molecule has 4 N–H and O–H groups in total. The molecule has 2 aromatic heterocycles. The second-order valence-electron chi connectivity index (χ2n) is 7.87. The van der Waals surface area contributed by atoms with Crippen LogP contribution in [0.2, 0.25) is 5.02 Å². The maximum atomic E-state index is 13.3. The SMILES string of the molecule is Cc1cn2nc([C@H](C)N(C)C(=O)c3cc(Cl)ccc3NS(C)(=O)=O)cc2nc1NCCCN.Cl. The predicted molar refractivity (Wildman–Crippen MR) is 138 cm³/mol. The zero-order valence-electron chi connectivity index (χ0n) is 19.4. The van der Waals surface area contributed by atoms with Gasteiger partial charge in [-0.15, -0.1) is 12.4 Å². The van der Waals surface area contributed by atoms with Crippen LogP contribution in [0.4, 0.5) is 11.5 Å². The van der Waals surface area contributed by atoms with Crippen LogP contribution in [-0.4, -0.2) is 60.2 Å². The zero-order chi connectivity index (χ0) is 24.3. The molecule has 0 bridgehead atoms. The van der Waals surface area contributed by atoms with E-state index in [4.69, 9.17) is 17.3 Å². The topological polar surface area (TPSA) is 135 Å². The molecule has 2 heterocycles. The number of sulfonamides is 1. The summed E-state index contributed by atoms with van der Waals surface area (Å²) in [7, 11) is -1.95. The number of nitrogens with one attached hydrogen (secondary N) is 2. The maximum absolute atomic E-state index is 13.3. The third kappa shape index (κ3) is 6.50. The molecule has 3 aromatic rings. The molecular formula is C21H29Cl2N7O3S. The number of nitrogens with two attached hydrogens (primary N) is 1. The van der Waals surface area contributed by atoms with Gasteiger partial charge in [0.05, 0.1) is 29.2 Å². The average molecular weight is 530 g/mol. The number of benzene rings is 1. The largest absolute Gasteiger partial charge is 0.370 e. The first kappa shape index (κ1) is 27.6. The van der Waals surface area contributed by atoms with Crippen LogP contribution in [0.15, 0.2) is 30.5 Å². The van der Waals surface area contributed by atoms with Gasteiger partial charge in [-0.1, -0.05) is 11.6 Å². The third-order valence-corrected chi connectivity index (χ3v) is 5.99. The molecule has 0 saturated carbocycles. The van der Waals surface area contributed by atoms with Crippen LogP contribution in [0.25, 0.3) is 5.65 Å². The molecule has 186 valence electrons. The lowest BCUT2D eigenvalue weighted by Gasteiger charge is -2.24. The monoisotopic (exact) mass is 529 g/mol. The van der Waals surface area contributed by atoms with Gasteiger partial charge in [0.1, 0.15) is 5.82 Å². The van der Waals surface area contributed by atoms with Gasteiger partial charge in [0.2, 0.25) is 10.0 Å². The van der Waals surface area contributed by atoms with E-state index < -0.39 is 22.0 Å². The van der Waals surface area contributed by atoms with Gasteiger partial charge < -0.3 is 16.0 Å². The minimum atomic E-state index is -3.58. The van der Waals surface area contributed by atoms with E-state index in [2.05, 4.69) is 20.1 Å². The number of carbonyl (C=O) groups is 1. The van der Waals surface area contributed by atoms with E-state index in [1.165, 1.54) is 23.1 Å². The van der Waals surface area contributed by atoms with E-state index in [0.29, 0.717) is 22.9 Å². The van der Waals surface area contributed by atoms with Crippen molar-refractivity contribution in [1.82, 2.24) is 19.5 Å². The van der Waals surface area contributed by atoms with Gasteiger partial charge in [-0.2, -0.15) is 5.10 Å². The standard InChI is InChI=1S/C21H28ClN7O3S.ClH/c1-13-12-29-19(25-20(13)24-9-5-8-23)11-18(26-29)14(2)28(3)21(30)16-10-15(22)6-7-17(16)27-33(4,31)32;/h6-7,10-12,14,27H,5,8-9,23H2,1-4H3,(H,24,25);1H/t14-;/m0./s1. The summed E-state index contributed by atoms with van der Waals surface area (Å²) < 4.78 is 27.5. The van der Waals surface area contributed by atoms with Gasteiger partial charge in [-0.25, -0.2) is 17.9 Å². The van der Waals surface area contributed by atoms with E-state index >= 15 is 0 Å². The summed E-state index contributed by atoms with van der Waals surface area (Å²) >= 11 is 6.08. The first-order valence-electron chi connectivity index (χ1n) is 10.4. The van der Waals surface area contributed by atoms with Crippen molar-refractivity contribution in [2.75, 3.05) is 36.4 Å². The molecular weight excluding hydrogens is 501 g/mol. The first-order valence-corrected chi connectivity index (χ1v) is 12.6. The molecule has 0 aliphatic heterocycles. The van der Waals surface area contributed by atoms with Crippen molar-refractivity contribution in [1.29, 1.82) is 0 Å². The predicted octanol–water partition coefficient (Wildman–Crippen LogP) is 3.08. The summed E-state index contributed by atoms with van der Waals surface area (Å²) in [5, 5.41) is 8.17.